The molecular formula is C8H22O6S3. The Kier molecular flexibility index (Phi) is 4.13. The van der Waals surface area contributed by atoms with Crippen LogP contribution in [0.3, 0.4) is 0 Å². The lowest BCUT2D eigenvalue weighted by atomic mass is 11.7. The SMILES string of the molecule is CS(C)(C)(=O)COS(=O)(=O)OCS(C)(C)(C)=O. The van der Waals surface area contributed by atoms with Crippen LogP contribution in [-0.4, -0.2) is 66.2 Å². The van der Waals surface area contributed by atoms with Gasteiger partial charge in [-0.05, 0) is 37.5 Å². The van der Waals surface area contributed by atoms with Gasteiger partial charge >= 0.3 is 10.4 Å². The van der Waals surface area contributed by atoms with Crippen LogP contribution in [0.5, 0.6) is 0 Å². The first-order valence-electron chi connectivity index (χ1n) is 4.60. The minimum absolute atomic E-state index is 0.455. The van der Waals surface area contributed by atoms with E-state index in [4.69, 9.17) is 0 Å². The molecule has 0 unspecified atom stereocenters. The van der Waals surface area contributed by atoms with Gasteiger partial charge in [-0.2, -0.15) is 8.42 Å². The average Bonchev–Trinajstić information content (AvgIpc) is 1.93. The Morgan fingerprint density at radius 2 is 1.00 bits per heavy atom. The summed E-state index contributed by atoms with van der Waals surface area (Å²) in [6, 6.07) is 0. The Hall–Kier alpha value is 0.170. The van der Waals surface area contributed by atoms with Crippen LogP contribution in [0.2, 0.25) is 0 Å². The highest BCUT2D eigenvalue weighted by molar-refractivity contribution is 8.18. The van der Waals surface area contributed by atoms with Crippen molar-refractivity contribution >= 4 is 28.5 Å². The lowest BCUT2D eigenvalue weighted by Crippen LogP contribution is -2.37. The third-order valence-corrected chi connectivity index (χ3v) is 4.14. The van der Waals surface area contributed by atoms with E-state index >= 15 is 0 Å². The van der Waals surface area contributed by atoms with Crippen LogP contribution in [0.15, 0.2) is 0 Å². The molecule has 0 aromatic carbocycles. The minimum Gasteiger partial charge on any atom is -0.281 e. The molecule has 0 fully saturated rings. The molecule has 0 saturated carbocycles. The predicted octanol–water partition coefficient (Wildman–Crippen LogP) is -0.402. The minimum atomic E-state index is -4.27. The van der Waals surface area contributed by atoms with E-state index in [-0.39, 0.29) is 0 Å². The molecule has 0 rings (SSSR count). The third-order valence-electron chi connectivity index (χ3n) is 1.19. The second kappa shape index (κ2) is 4.09. The molecule has 0 atom stereocenters. The molecule has 0 aliphatic heterocycles. The normalized spacial score (nSPS) is 18.9. The van der Waals surface area contributed by atoms with Gasteiger partial charge in [0.05, 0.1) is 0 Å². The highest BCUT2D eigenvalue weighted by atomic mass is 32.3. The lowest BCUT2D eigenvalue weighted by molar-refractivity contribution is 0.262. The summed E-state index contributed by atoms with van der Waals surface area (Å²) < 4.78 is 55.2. The van der Waals surface area contributed by atoms with Crippen molar-refractivity contribution in [2.45, 2.75) is 0 Å². The summed E-state index contributed by atoms with van der Waals surface area (Å²) in [5.41, 5.74) is 0. The third kappa shape index (κ3) is 12.4. The van der Waals surface area contributed by atoms with Crippen LogP contribution in [0, 0.1) is 0 Å². The maximum Gasteiger partial charge on any atom is 0.401 e. The predicted molar refractivity (Wildman–Crippen MR) is 72.7 cm³/mol. The molecule has 6 nitrogen and oxygen atoms in total. The van der Waals surface area contributed by atoms with Crippen molar-refractivity contribution < 1.29 is 25.2 Å². The van der Waals surface area contributed by atoms with Crippen molar-refractivity contribution in [3.05, 3.63) is 0 Å². The van der Waals surface area contributed by atoms with Crippen LogP contribution < -0.4 is 0 Å². The van der Waals surface area contributed by atoms with Crippen molar-refractivity contribution in [2.75, 3.05) is 49.4 Å². The van der Waals surface area contributed by atoms with Gasteiger partial charge in [-0.3, -0.25) is 8.42 Å². The summed E-state index contributed by atoms with van der Waals surface area (Å²) in [5.74, 6) is -0.911. The van der Waals surface area contributed by atoms with Gasteiger partial charge in [0.25, 0.3) is 0 Å². The first-order chi connectivity index (χ1) is 6.92. The fraction of sp³-hybridized carbons (Fsp3) is 1.00. The van der Waals surface area contributed by atoms with Crippen LogP contribution in [0.4, 0.5) is 0 Å². The number of hydrogen-bond acceptors (Lipinski definition) is 6. The zero-order chi connectivity index (χ0) is 14.2. The summed E-state index contributed by atoms with van der Waals surface area (Å²) >= 11 is 0. The molecule has 0 aliphatic carbocycles. The smallest absolute Gasteiger partial charge is 0.281 e. The highest BCUT2D eigenvalue weighted by Gasteiger charge is 2.27. The van der Waals surface area contributed by atoms with Gasteiger partial charge < -0.3 is 0 Å². The molecule has 0 amide bonds. The van der Waals surface area contributed by atoms with Crippen molar-refractivity contribution in [1.29, 1.82) is 0 Å². The maximum absolute atomic E-state index is 11.8. The molecule has 17 heavy (non-hydrogen) atoms. The average molecular weight is 310 g/mol. The summed E-state index contributed by atoms with van der Waals surface area (Å²) in [5, 5.41) is 0. The molecule has 0 aromatic rings. The summed E-state index contributed by atoms with van der Waals surface area (Å²) in [7, 11) is -10.4. The molecular weight excluding hydrogens is 288 g/mol. The maximum atomic E-state index is 11.8. The van der Waals surface area contributed by atoms with E-state index in [1.165, 1.54) is 37.5 Å². The monoisotopic (exact) mass is 310 g/mol. The molecule has 0 radical (unpaired) electrons. The van der Waals surface area contributed by atoms with Gasteiger partial charge in [-0.1, -0.05) is 18.1 Å². The number of rotatable bonds is 6. The molecule has 0 spiro atoms. The van der Waals surface area contributed by atoms with Crippen LogP contribution >= 0.6 is 0 Å². The summed E-state index contributed by atoms with van der Waals surface area (Å²) in [6.45, 7) is 0. The fourth-order valence-electron chi connectivity index (χ4n) is 0.480. The summed E-state index contributed by atoms with van der Waals surface area (Å²) in [6.07, 6.45) is 8.49. The van der Waals surface area contributed by atoms with Gasteiger partial charge in [-0.25, -0.2) is 8.37 Å². The van der Waals surface area contributed by atoms with Crippen molar-refractivity contribution in [3.63, 3.8) is 0 Å². The van der Waals surface area contributed by atoms with E-state index in [9.17, 15) is 16.8 Å². The topological polar surface area (TPSA) is 86.7 Å². The largest absolute Gasteiger partial charge is 0.401 e. The second-order valence-corrected chi connectivity index (χ2v) is 18.9. The van der Waals surface area contributed by atoms with E-state index in [0.29, 0.717) is 0 Å². The van der Waals surface area contributed by atoms with E-state index in [2.05, 4.69) is 8.37 Å². The molecule has 108 valence electrons. The first kappa shape index (κ1) is 17.2. The van der Waals surface area contributed by atoms with E-state index in [1.54, 1.807) is 0 Å². The zero-order valence-electron chi connectivity index (χ0n) is 11.1. The molecule has 0 N–H and O–H groups in total. The van der Waals surface area contributed by atoms with E-state index in [0.717, 1.165) is 0 Å². The van der Waals surface area contributed by atoms with E-state index < -0.39 is 40.4 Å². The quantitative estimate of drug-likeness (QED) is 0.663. The van der Waals surface area contributed by atoms with Crippen molar-refractivity contribution in [2.24, 2.45) is 0 Å². The Morgan fingerprint density at radius 1 is 0.765 bits per heavy atom. The van der Waals surface area contributed by atoms with Gasteiger partial charge in [0, 0.05) is 0 Å². The first-order valence-corrected chi connectivity index (χ1v) is 12.7. The van der Waals surface area contributed by atoms with Crippen LogP contribution in [0.25, 0.3) is 0 Å². The Morgan fingerprint density at radius 3 is 1.18 bits per heavy atom. The second-order valence-electron chi connectivity index (χ2n) is 6.30. The molecule has 0 heterocycles. The summed E-state index contributed by atoms with van der Waals surface area (Å²) in [4.78, 5) is 0. The van der Waals surface area contributed by atoms with Crippen LogP contribution in [0.1, 0.15) is 0 Å². The van der Waals surface area contributed by atoms with Crippen LogP contribution in [-0.2, 0) is 36.9 Å². The number of hydrogen-bond donors (Lipinski definition) is 0. The fourth-order valence-corrected chi connectivity index (χ4v) is 4.11. The Balaban J connectivity index is 4.56. The lowest BCUT2D eigenvalue weighted by Gasteiger charge is -2.29. The molecule has 0 aliphatic rings. The molecule has 9 heteroatoms. The Bertz CT molecular complexity index is 453. The van der Waals surface area contributed by atoms with Gasteiger partial charge in [-0.15, -0.1) is 0 Å². The molecule has 0 saturated heterocycles. The van der Waals surface area contributed by atoms with Gasteiger partial charge in [0.15, 0.2) is 0 Å². The molecule has 0 aromatic heterocycles. The van der Waals surface area contributed by atoms with E-state index in [1.807, 2.05) is 0 Å². The van der Waals surface area contributed by atoms with Gasteiger partial charge in [0.2, 0.25) is 0 Å². The van der Waals surface area contributed by atoms with Gasteiger partial charge in [0.1, 0.15) is 11.9 Å². The standard InChI is InChI=1S/C8H22O6S3/c1-16(2,3,11)7-13-15(9,10)14-8-17(4,5,6)12/h7-8H2,1-6H3. The van der Waals surface area contributed by atoms with Crippen molar-refractivity contribution in [3.8, 4) is 0 Å². The Labute approximate surface area is 103 Å². The van der Waals surface area contributed by atoms with Crippen molar-refractivity contribution in [1.82, 2.24) is 0 Å². The zero-order valence-corrected chi connectivity index (χ0v) is 13.5. The molecule has 0 bridgehead atoms. The highest BCUT2D eigenvalue weighted by Crippen LogP contribution is 2.17.